The van der Waals surface area contributed by atoms with Gasteiger partial charge in [0.25, 0.3) is 0 Å². The standard InChI is InChI=1S/C24H26BrClN2O3/c1-24-10-6-5-8-17(24)21(24)23(29)28-27-13-15-11-18(25)22(20(12-15)30-2)31-14-16-7-3-4-9-19(16)26/h3-4,7,9,11-13,17,21H,5-6,8,10,14H2,1-2H3,(H,28,29)/b27-13-/t17-,21+,24+/m1/s1. The maximum atomic E-state index is 12.6. The lowest BCUT2D eigenvalue weighted by Crippen LogP contribution is -2.22. The van der Waals surface area contributed by atoms with Crippen molar-refractivity contribution >= 4 is 39.7 Å². The third kappa shape index (κ3) is 4.60. The van der Waals surface area contributed by atoms with Gasteiger partial charge < -0.3 is 9.47 Å². The molecule has 0 aromatic heterocycles. The molecule has 0 bridgehead atoms. The van der Waals surface area contributed by atoms with E-state index in [1.807, 2.05) is 36.4 Å². The molecular formula is C24H26BrClN2O3. The first kappa shape index (κ1) is 22.2. The average molecular weight is 506 g/mol. The molecule has 1 amide bonds. The Morgan fingerprint density at radius 3 is 2.87 bits per heavy atom. The Bertz CT molecular complexity index is 1010. The highest BCUT2D eigenvalue weighted by molar-refractivity contribution is 9.10. The number of benzene rings is 2. The molecule has 4 rings (SSSR count). The number of hydrazone groups is 1. The highest BCUT2D eigenvalue weighted by atomic mass is 79.9. The Labute approximate surface area is 196 Å². The Balaban J connectivity index is 1.40. The zero-order chi connectivity index (χ0) is 22.0. The lowest BCUT2D eigenvalue weighted by atomic mass is 9.90. The lowest BCUT2D eigenvalue weighted by molar-refractivity contribution is -0.123. The minimum Gasteiger partial charge on any atom is -0.493 e. The van der Waals surface area contributed by atoms with Crippen LogP contribution in [-0.2, 0) is 11.4 Å². The van der Waals surface area contributed by atoms with Gasteiger partial charge in [0, 0.05) is 16.5 Å². The number of hydrogen-bond donors (Lipinski definition) is 1. The van der Waals surface area contributed by atoms with E-state index in [4.69, 9.17) is 21.1 Å². The SMILES string of the molecule is COc1cc(/C=N\NC(=O)[C@@H]2[C@H]3CCCC[C@@]32C)cc(Br)c1OCc1ccccc1Cl. The van der Waals surface area contributed by atoms with Gasteiger partial charge in [-0.3, -0.25) is 4.79 Å². The highest BCUT2D eigenvalue weighted by Gasteiger charge is 2.64. The Hall–Kier alpha value is -2.05. The molecule has 2 aliphatic rings. The first-order chi connectivity index (χ1) is 14.9. The first-order valence-electron chi connectivity index (χ1n) is 10.5. The van der Waals surface area contributed by atoms with Gasteiger partial charge >= 0.3 is 0 Å². The third-order valence-corrected chi connectivity index (χ3v) is 7.54. The maximum Gasteiger partial charge on any atom is 0.244 e. The van der Waals surface area contributed by atoms with E-state index >= 15 is 0 Å². The van der Waals surface area contributed by atoms with Crippen molar-refractivity contribution in [1.82, 2.24) is 5.43 Å². The molecule has 3 atom stereocenters. The molecule has 2 aromatic carbocycles. The fraction of sp³-hybridized carbons (Fsp3) is 0.417. The molecule has 0 radical (unpaired) electrons. The number of fused-ring (bicyclic) bond motifs is 1. The second-order valence-corrected chi connectivity index (χ2v) is 9.75. The van der Waals surface area contributed by atoms with Crippen molar-refractivity contribution in [3.8, 4) is 11.5 Å². The number of halogens is 2. The van der Waals surface area contributed by atoms with Crippen LogP contribution < -0.4 is 14.9 Å². The number of nitrogens with zero attached hydrogens (tertiary/aromatic N) is 1. The predicted octanol–water partition coefficient (Wildman–Crippen LogP) is 5.97. The largest absolute Gasteiger partial charge is 0.493 e. The van der Waals surface area contributed by atoms with Crippen molar-refractivity contribution in [1.29, 1.82) is 0 Å². The Morgan fingerprint density at radius 1 is 1.35 bits per heavy atom. The summed E-state index contributed by atoms with van der Waals surface area (Å²) < 4.78 is 12.2. The van der Waals surface area contributed by atoms with Gasteiger partial charge in [0.15, 0.2) is 11.5 Å². The van der Waals surface area contributed by atoms with Crippen LogP contribution in [0.15, 0.2) is 46.0 Å². The van der Waals surface area contributed by atoms with Crippen LogP contribution in [-0.4, -0.2) is 19.2 Å². The summed E-state index contributed by atoms with van der Waals surface area (Å²) in [5.74, 6) is 1.78. The van der Waals surface area contributed by atoms with E-state index in [9.17, 15) is 4.79 Å². The summed E-state index contributed by atoms with van der Waals surface area (Å²) in [7, 11) is 1.59. The number of methoxy groups -OCH3 is 1. The van der Waals surface area contributed by atoms with E-state index in [2.05, 4.69) is 33.4 Å². The molecular weight excluding hydrogens is 480 g/mol. The van der Waals surface area contributed by atoms with Crippen molar-refractivity contribution in [2.45, 2.75) is 39.2 Å². The average Bonchev–Trinajstić information content (AvgIpc) is 3.39. The van der Waals surface area contributed by atoms with Crippen LogP contribution in [0.4, 0.5) is 0 Å². The fourth-order valence-corrected chi connectivity index (χ4v) is 5.57. The summed E-state index contributed by atoms with van der Waals surface area (Å²) in [6, 6.07) is 11.2. The lowest BCUT2D eigenvalue weighted by Gasteiger charge is -2.15. The van der Waals surface area contributed by atoms with Crippen LogP contribution in [0, 0.1) is 17.3 Å². The van der Waals surface area contributed by atoms with Crippen LogP contribution in [0.5, 0.6) is 11.5 Å². The first-order valence-corrected chi connectivity index (χ1v) is 11.7. The molecule has 1 N–H and O–H groups in total. The zero-order valence-corrected chi connectivity index (χ0v) is 20.0. The summed E-state index contributed by atoms with van der Waals surface area (Å²) in [4.78, 5) is 12.6. The number of hydrogen-bond acceptors (Lipinski definition) is 4. The van der Waals surface area contributed by atoms with Gasteiger partial charge in [0.1, 0.15) is 6.61 Å². The van der Waals surface area contributed by atoms with Crippen molar-refractivity contribution in [3.63, 3.8) is 0 Å². The minimum atomic E-state index is 0.0244. The number of ether oxygens (including phenoxy) is 2. The molecule has 2 aromatic rings. The van der Waals surface area contributed by atoms with Crippen molar-refractivity contribution < 1.29 is 14.3 Å². The molecule has 2 aliphatic carbocycles. The fourth-order valence-electron chi connectivity index (χ4n) is 4.81. The summed E-state index contributed by atoms with van der Waals surface area (Å²) in [6.07, 6.45) is 6.36. The quantitative estimate of drug-likeness (QED) is 0.373. The Kier molecular flexibility index (Phi) is 6.58. The van der Waals surface area contributed by atoms with Crippen LogP contribution in [0.3, 0.4) is 0 Å². The molecule has 0 unspecified atom stereocenters. The smallest absolute Gasteiger partial charge is 0.244 e. The van der Waals surface area contributed by atoms with Gasteiger partial charge in [-0.2, -0.15) is 5.10 Å². The maximum absolute atomic E-state index is 12.6. The third-order valence-electron chi connectivity index (χ3n) is 6.58. The topological polar surface area (TPSA) is 59.9 Å². The van der Waals surface area contributed by atoms with Gasteiger partial charge in [-0.25, -0.2) is 5.43 Å². The molecule has 0 spiro atoms. The van der Waals surface area contributed by atoms with E-state index < -0.39 is 0 Å². The predicted molar refractivity (Wildman–Crippen MR) is 126 cm³/mol. The molecule has 2 fully saturated rings. The number of carbonyl (C=O) groups excluding carboxylic acids is 1. The molecule has 7 heteroatoms. The van der Waals surface area contributed by atoms with Gasteiger partial charge in [-0.1, -0.05) is 49.6 Å². The van der Waals surface area contributed by atoms with Crippen LogP contribution >= 0.6 is 27.5 Å². The summed E-state index contributed by atoms with van der Waals surface area (Å²) in [5.41, 5.74) is 4.57. The number of carbonyl (C=O) groups is 1. The van der Waals surface area contributed by atoms with E-state index in [1.165, 1.54) is 12.8 Å². The Morgan fingerprint density at radius 2 is 2.16 bits per heavy atom. The van der Waals surface area contributed by atoms with E-state index in [0.29, 0.717) is 29.0 Å². The molecule has 0 aliphatic heterocycles. The molecule has 0 saturated heterocycles. The number of nitrogens with one attached hydrogen (secondary N) is 1. The van der Waals surface area contributed by atoms with Gasteiger partial charge in [-0.05, 0) is 63.9 Å². The van der Waals surface area contributed by atoms with Gasteiger partial charge in [-0.15, -0.1) is 0 Å². The number of amides is 1. The van der Waals surface area contributed by atoms with Crippen LogP contribution in [0.25, 0.3) is 0 Å². The normalized spacial score (nSPS) is 24.5. The molecule has 164 valence electrons. The van der Waals surface area contributed by atoms with E-state index in [1.54, 1.807) is 13.3 Å². The second kappa shape index (κ2) is 9.21. The summed E-state index contributed by atoms with van der Waals surface area (Å²) in [5, 5.41) is 4.84. The minimum absolute atomic E-state index is 0.0244. The van der Waals surface area contributed by atoms with E-state index in [-0.39, 0.29) is 17.2 Å². The second-order valence-electron chi connectivity index (χ2n) is 8.48. The highest BCUT2D eigenvalue weighted by Crippen LogP contribution is 2.66. The van der Waals surface area contributed by atoms with Crippen LogP contribution in [0.2, 0.25) is 5.02 Å². The van der Waals surface area contributed by atoms with Gasteiger partial charge in [0.05, 0.1) is 17.8 Å². The summed E-state index contributed by atoms with van der Waals surface area (Å²) in [6.45, 7) is 2.55. The molecule has 5 nitrogen and oxygen atoms in total. The monoisotopic (exact) mass is 504 g/mol. The zero-order valence-electron chi connectivity index (χ0n) is 17.7. The van der Waals surface area contributed by atoms with Crippen LogP contribution in [0.1, 0.15) is 43.7 Å². The van der Waals surface area contributed by atoms with Crippen molar-refractivity contribution in [3.05, 3.63) is 57.0 Å². The summed E-state index contributed by atoms with van der Waals surface area (Å²) >= 11 is 9.76. The number of rotatable bonds is 7. The molecule has 0 heterocycles. The molecule has 2 saturated carbocycles. The molecule has 31 heavy (non-hydrogen) atoms. The van der Waals surface area contributed by atoms with Gasteiger partial charge in [0.2, 0.25) is 5.91 Å². The van der Waals surface area contributed by atoms with Crippen molar-refractivity contribution in [2.24, 2.45) is 22.4 Å². The van der Waals surface area contributed by atoms with E-state index in [0.717, 1.165) is 28.4 Å². The van der Waals surface area contributed by atoms with Crippen molar-refractivity contribution in [2.75, 3.05) is 7.11 Å².